The number of rotatable bonds is 4. The van der Waals surface area contributed by atoms with Gasteiger partial charge in [0.25, 0.3) is 0 Å². The predicted molar refractivity (Wildman–Crippen MR) is 172 cm³/mol. The fourth-order valence-electron chi connectivity index (χ4n) is 5.79. The fraction of sp³-hybridized carbons (Fsp3) is 0.100. The van der Waals surface area contributed by atoms with E-state index in [1.165, 1.54) is 0 Å². The fourth-order valence-corrected chi connectivity index (χ4v) is 5.79. The van der Waals surface area contributed by atoms with Crippen LogP contribution in [-0.2, 0) is 33.9 Å². The Kier molecular flexibility index (Phi) is 8.87. The Morgan fingerprint density at radius 2 is 0.907 bits per heavy atom. The van der Waals surface area contributed by atoms with Crippen molar-refractivity contribution >= 4 is 11.4 Å². The maximum Gasteiger partial charge on any atom is 0.0358 e. The van der Waals surface area contributed by atoms with Crippen LogP contribution in [0.4, 0.5) is 11.4 Å². The molecule has 1 aliphatic rings. The van der Waals surface area contributed by atoms with Gasteiger partial charge in [-0.1, -0.05) is 47.5 Å². The minimum Gasteiger partial charge on any atom is -0.387 e. The molecule has 1 heterocycles. The number of nitrogens with one attached hydrogen (secondary N) is 2. The van der Waals surface area contributed by atoms with E-state index in [-0.39, 0.29) is 33.1 Å². The van der Waals surface area contributed by atoms with E-state index in [9.17, 15) is 0 Å². The smallest absolute Gasteiger partial charge is 0.0358 e. The standard InChI is InChI=1S/C40H30N2.Pt/c1-3-13-29(14-4-1)25-39-33-19-11-17-31(27-33)36-22-8-10-24-38(36)42-40(26-30-15-5-2-6-16-30)34-20-12-18-32(28-34)35-21-7-9-23-37(35)41-39;/h1-13,15,17-24,39-42H,25-26H2;/q-4;. The van der Waals surface area contributed by atoms with Gasteiger partial charge < -0.3 is 10.6 Å². The Hall–Kier alpha value is -4.39. The van der Waals surface area contributed by atoms with E-state index in [0.29, 0.717) is 0 Å². The number of anilines is 2. The van der Waals surface area contributed by atoms with Crippen LogP contribution in [0.25, 0.3) is 22.3 Å². The zero-order valence-corrected chi connectivity index (χ0v) is 25.9. The van der Waals surface area contributed by atoms with Crippen molar-refractivity contribution < 1.29 is 21.1 Å². The van der Waals surface area contributed by atoms with Gasteiger partial charge in [-0.2, -0.15) is 71.8 Å². The second kappa shape index (κ2) is 13.3. The first-order valence-electron chi connectivity index (χ1n) is 14.5. The Bertz CT molecular complexity index is 1660. The molecule has 214 valence electrons. The third-order valence-corrected chi connectivity index (χ3v) is 7.88. The Balaban J connectivity index is 0.00000329. The van der Waals surface area contributed by atoms with E-state index in [1.54, 1.807) is 0 Å². The minimum absolute atomic E-state index is 0. The molecule has 2 atom stereocenters. The van der Waals surface area contributed by atoms with Crippen molar-refractivity contribution in [3.05, 3.63) is 180 Å². The molecule has 0 spiro atoms. The van der Waals surface area contributed by atoms with Crippen molar-refractivity contribution in [3.63, 3.8) is 0 Å². The van der Waals surface area contributed by atoms with Crippen LogP contribution >= 0.6 is 0 Å². The van der Waals surface area contributed by atoms with Crippen molar-refractivity contribution in [2.24, 2.45) is 0 Å². The molecule has 0 amide bonds. The average molecular weight is 734 g/mol. The summed E-state index contributed by atoms with van der Waals surface area (Å²) in [6.07, 6.45) is 1.57. The summed E-state index contributed by atoms with van der Waals surface area (Å²) in [4.78, 5) is 0. The zero-order chi connectivity index (χ0) is 28.1. The van der Waals surface area contributed by atoms with Crippen LogP contribution in [0.1, 0.15) is 34.3 Å². The summed E-state index contributed by atoms with van der Waals surface area (Å²) in [5.74, 6) is 0. The topological polar surface area (TPSA) is 24.1 Å². The summed E-state index contributed by atoms with van der Waals surface area (Å²) < 4.78 is 0. The average Bonchev–Trinajstić information content (AvgIpc) is 3.05. The van der Waals surface area contributed by atoms with Crippen LogP contribution < -0.4 is 10.6 Å². The molecular formula is C40H30N2Pt-4. The van der Waals surface area contributed by atoms with Gasteiger partial charge in [0.2, 0.25) is 0 Å². The van der Waals surface area contributed by atoms with Crippen LogP contribution in [0.15, 0.2) is 133 Å². The van der Waals surface area contributed by atoms with Gasteiger partial charge in [-0.15, -0.1) is 70.8 Å². The third-order valence-electron chi connectivity index (χ3n) is 7.88. The second-order valence-electron chi connectivity index (χ2n) is 10.7. The summed E-state index contributed by atoms with van der Waals surface area (Å²) >= 11 is 0. The molecule has 0 saturated carbocycles. The first kappa shape index (κ1) is 28.7. The number of benzene rings is 6. The number of hydrogen-bond acceptors (Lipinski definition) is 2. The Morgan fingerprint density at radius 1 is 0.465 bits per heavy atom. The van der Waals surface area contributed by atoms with Gasteiger partial charge in [-0.25, -0.2) is 0 Å². The van der Waals surface area contributed by atoms with Crippen molar-refractivity contribution in [1.29, 1.82) is 0 Å². The maximum absolute atomic E-state index is 3.90. The van der Waals surface area contributed by atoms with Crippen molar-refractivity contribution in [2.45, 2.75) is 24.9 Å². The third kappa shape index (κ3) is 6.51. The molecule has 3 heteroatoms. The second-order valence-corrected chi connectivity index (χ2v) is 10.7. The summed E-state index contributed by atoms with van der Waals surface area (Å²) in [7, 11) is 0. The van der Waals surface area contributed by atoms with Gasteiger partial charge in [0.15, 0.2) is 0 Å². The normalized spacial score (nSPS) is 15.3. The summed E-state index contributed by atoms with van der Waals surface area (Å²) in [5.41, 5.74) is 11.1. The van der Waals surface area contributed by atoms with Gasteiger partial charge in [0.1, 0.15) is 0 Å². The first-order valence-corrected chi connectivity index (χ1v) is 14.5. The molecule has 2 unspecified atom stereocenters. The molecule has 2 N–H and O–H groups in total. The van der Waals surface area contributed by atoms with E-state index < -0.39 is 0 Å². The Labute approximate surface area is 269 Å². The van der Waals surface area contributed by atoms with Crippen LogP contribution in [0.2, 0.25) is 0 Å². The SMILES string of the molecule is [Pt].[c-]1ccccc1CC1Nc2ccccc2-c2[c-]c(ccc2)C(Cc2[c-]cccc2)Nc2ccccc2-c2[c-]c1ccc2. The van der Waals surface area contributed by atoms with Gasteiger partial charge >= 0.3 is 0 Å². The van der Waals surface area contributed by atoms with Crippen molar-refractivity contribution in [1.82, 2.24) is 0 Å². The molecule has 0 saturated heterocycles. The maximum atomic E-state index is 3.90. The van der Waals surface area contributed by atoms with Gasteiger partial charge in [0.05, 0.1) is 0 Å². The molecular weight excluding hydrogens is 704 g/mol. The molecule has 7 rings (SSSR count). The van der Waals surface area contributed by atoms with Crippen LogP contribution in [0.5, 0.6) is 0 Å². The van der Waals surface area contributed by atoms with E-state index in [4.69, 9.17) is 0 Å². The van der Waals surface area contributed by atoms with Crippen LogP contribution in [0.3, 0.4) is 0 Å². The molecule has 2 nitrogen and oxygen atoms in total. The zero-order valence-electron chi connectivity index (χ0n) is 23.6. The summed E-state index contributed by atoms with van der Waals surface area (Å²) in [5, 5.41) is 7.80. The predicted octanol–water partition coefficient (Wildman–Crippen LogP) is 9.32. The summed E-state index contributed by atoms with van der Waals surface area (Å²) in [6.45, 7) is 0. The molecule has 1 aliphatic heterocycles. The quantitative estimate of drug-likeness (QED) is 0.177. The van der Waals surface area contributed by atoms with E-state index in [0.717, 1.165) is 68.7 Å². The molecule has 0 aromatic heterocycles. The molecule has 0 aliphatic carbocycles. The van der Waals surface area contributed by atoms with Gasteiger partial charge in [-0.3, -0.25) is 0 Å². The van der Waals surface area contributed by atoms with Crippen LogP contribution in [-0.4, -0.2) is 0 Å². The van der Waals surface area contributed by atoms with E-state index >= 15 is 0 Å². The molecule has 6 aromatic rings. The molecule has 43 heavy (non-hydrogen) atoms. The van der Waals surface area contributed by atoms with E-state index in [1.807, 2.05) is 24.3 Å². The minimum atomic E-state index is -0.00244. The van der Waals surface area contributed by atoms with Gasteiger partial charge in [0, 0.05) is 33.1 Å². The molecule has 4 bridgehead atoms. The van der Waals surface area contributed by atoms with Crippen molar-refractivity contribution in [2.75, 3.05) is 10.6 Å². The van der Waals surface area contributed by atoms with Crippen molar-refractivity contribution in [3.8, 4) is 22.3 Å². The summed E-state index contributed by atoms with van der Waals surface area (Å²) in [6, 6.07) is 60.9. The Morgan fingerprint density at radius 3 is 1.35 bits per heavy atom. The molecule has 0 radical (unpaired) electrons. The number of para-hydroxylation sites is 2. The monoisotopic (exact) mass is 733 g/mol. The van der Waals surface area contributed by atoms with E-state index in [2.05, 4.69) is 144 Å². The largest absolute Gasteiger partial charge is 0.387 e. The van der Waals surface area contributed by atoms with Gasteiger partial charge in [-0.05, 0) is 36.3 Å². The number of fused-ring (bicyclic) bond motifs is 8. The first-order chi connectivity index (χ1) is 20.8. The molecule has 6 aromatic carbocycles. The molecule has 0 fully saturated rings. The number of hydrogen-bond donors (Lipinski definition) is 2. The van der Waals surface area contributed by atoms with Crippen LogP contribution in [0, 0.1) is 24.3 Å².